The Kier molecular flexibility index (Phi) is 2.00. The van der Waals surface area contributed by atoms with Crippen molar-refractivity contribution in [3.8, 4) is 0 Å². The minimum atomic E-state index is -1.52. The second-order valence-corrected chi connectivity index (χ2v) is 3.42. The molecule has 3 atom stereocenters. The Morgan fingerprint density at radius 3 is 2.50 bits per heavy atom. The van der Waals surface area contributed by atoms with Gasteiger partial charge >= 0.3 is 5.97 Å². The zero-order chi connectivity index (χ0) is 10.3. The molecule has 0 fully saturated rings. The first-order valence-corrected chi connectivity index (χ1v) is 4.34. The van der Waals surface area contributed by atoms with E-state index in [1.54, 1.807) is 24.3 Å². The van der Waals surface area contributed by atoms with Crippen LogP contribution in [-0.2, 0) is 4.79 Å². The molecule has 0 saturated carbocycles. The van der Waals surface area contributed by atoms with Crippen LogP contribution in [0, 0.1) is 0 Å². The van der Waals surface area contributed by atoms with E-state index in [0.717, 1.165) is 0 Å². The van der Waals surface area contributed by atoms with Crippen LogP contribution in [0.4, 0.5) is 4.39 Å². The average Bonchev–Trinajstić information content (AvgIpc) is 2.41. The number of hydrogen-bond donors (Lipinski definition) is 2. The van der Waals surface area contributed by atoms with E-state index < -0.39 is 24.1 Å². The molecule has 0 spiro atoms. The number of benzene rings is 1. The third-order valence-electron chi connectivity index (χ3n) is 2.62. The Hall–Kier alpha value is -1.42. The lowest BCUT2D eigenvalue weighted by Gasteiger charge is -2.10. The van der Waals surface area contributed by atoms with Gasteiger partial charge in [-0.1, -0.05) is 24.3 Å². The number of halogens is 1. The highest BCUT2D eigenvalue weighted by Crippen LogP contribution is 2.40. The van der Waals surface area contributed by atoms with Crippen molar-refractivity contribution in [3.05, 3.63) is 35.4 Å². The molecule has 4 heteroatoms. The Bertz CT molecular complexity index is 380. The number of alkyl halides is 1. The molecule has 3 unspecified atom stereocenters. The van der Waals surface area contributed by atoms with Crippen molar-refractivity contribution in [2.45, 2.75) is 18.1 Å². The fourth-order valence-electron chi connectivity index (χ4n) is 1.92. The minimum absolute atomic E-state index is 0.500. The number of fused-ring (bicyclic) bond motifs is 1. The summed E-state index contributed by atoms with van der Waals surface area (Å²) in [5.74, 6) is -2.26. The number of hydrogen-bond acceptors (Lipinski definition) is 2. The predicted molar refractivity (Wildman–Crippen MR) is 48.6 cm³/mol. The number of nitrogens with two attached hydrogens (primary N) is 1. The molecular formula is C10H10FNO2. The summed E-state index contributed by atoms with van der Waals surface area (Å²) >= 11 is 0. The summed E-state index contributed by atoms with van der Waals surface area (Å²) < 4.78 is 13.5. The fourth-order valence-corrected chi connectivity index (χ4v) is 1.92. The first kappa shape index (κ1) is 9.15. The van der Waals surface area contributed by atoms with Gasteiger partial charge in [0.15, 0.2) is 0 Å². The lowest BCUT2D eigenvalue weighted by molar-refractivity contribution is -0.140. The van der Waals surface area contributed by atoms with Crippen molar-refractivity contribution in [1.82, 2.24) is 0 Å². The van der Waals surface area contributed by atoms with Crippen LogP contribution in [0.5, 0.6) is 0 Å². The average molecular weight is 195 g/mol. The summed E-state index contributed by atoms with van der Waals surface area (Å²) in [6, 6.07) is 5.91. The van der Waals surface area contributed by atoms with E-state index in [2.05, 4.69) is 0 Å². The highest BCUT2D eigenvalue weighted by atomic mass is 19.1. The lowest BCUT2D eigenvalue weighted by atomic mass is 10.0. The van der Waals surface area contributed by atoms with Gasteiger partial charge in [0, 0.05) is 0 Å². The van der Waals surface area contributed by atoms with Crippen LogP contribution in [0.15, 0.2) is 24.3 Å². The first-order valence-electron chi connectivity index (χ1n) is 4.34. The highest BCUT2D eigenvalue weighted by Gasteiger charge is 2.43. The second kappa shape index (κ2) is 3.06. The standard InChI is InChI=1S/C10H10FNO2/c11-8-7(10(13)14)5-3-1-2-4-6(5)9(8)12/h1-4,7-9H,12H2,(H,13,14). The molecule has 2 rings (SSSR count). The maximum Gasteiger partial charge on any atom is 0.314 e. The van der Waals surface area contributed by atoms with E-state index in [1.807, 2.05) is 0 Å². The van der Waals surface area contributed by atoms with Gasteiger partial charge in [-0.2, -0.15) is 0 Å². The molecule has 0 saturated heterocycles. The number of rotatable bonds is 1. The number of carboxylic acids is 1. The molecule has 0 aliphatic heterocycles. The molecular weight excluding hydrogens is 185 g/mol. The van der Waals surface area contributed by atoms with Crippen LogP contribution in [0.2, 0.25) is 0 Å². The molecule has 0 bridgehead atoms. The van der Waals surface area contributed by atoms with Gasteiger partial charge in [-0.15, -0.1) is 0 Å². The van der Waals surface area contributed by atoms with Crippen molar-refractivity contribution >= 4 is 5.97 Å². The molecule has 3 N–H and O–H groups in total. The topological polar surface area (TPSA) is 63.3 Å². The van der Waals surface area contributed by atoms with Crippen molar-refractivity contribution in [2.24, 2.45) is 5.73 Å². The quantitative estimate of drug-likeness (QED) is 0.707. The van der Waals surface area contributed by atoms with Gasteiger partial charge in [0.25, 0.3) is 0 Å². The first-order chi connectivity index (χ1) is 6.63. The van der Waals surface area contributed by atoms with Gasteiger partial charge in [0.2, 0.25) is 0 Å². The third-order valence-corrected chi connectivity index (χ3v) is 2.62. The van der Waals surface area contributed by atoms with Crippen LogP contribution < -0.4 is 5.73 Å². The molecule has 74 valence electrons. The summed E-state index contributed by atoms with van der Waals surface area (Å²) in [7, 11) is 0. The van der Waals surface area contributed by atoms with Crippen molar-refractivity contribution in [2.75, 3.05) is 0 Å². The Morgan fingerprint density at radius 1 is 1.36 bits per heavy atom. The summed E-state index contributed by atoms with van der Waals surface area (Å²) in [6.07, 6.45) is -1.52. The van der Waals surface area contributed by atoms with Gasteiger partial charge in [-0.05, 0) is 11.1 Å². The molecule has 3 nitrogen and oxygen atoms in total. The lowest BCUT2D eigenvalue weighted by Crippen LogP contribution is -2.24. The maximum absolute atomic E-state index is 13.5. The number of carboxylic acid groups (broad SMARTS) is 1. The smallest absolute Gasteiger partial charge is 0.314 e. The largest absolute Gasteiger partial charge is 0.481 e. The molecule has 0 heterocycles. The van der Waals surface area contributed by atoms with Crippen molar-refractivity contribution < 1.29 is 14.3 Å². The fraction of sp³-hybridized carbons (Fsp3) is 0.300. The highest BCUT2D eigenvalue weighted by molar-refractivity contribution is 5.79. The van der Waals surface area contributed by atoms with Gasteiger partial charge < -0.3 is 10.8 Å². The molecule has 14 heavy (non-hydrogen) atoms. The SMILES string of the molecule is NC1c2ccccc2C(C(=O)O)C1F. The van der Waals surface area contributed by atoms with Crippen LogP contribution in [0.3, 0.4) is 0 Å². The zero-order valence-corrected chi connectivity index (χ0v) is 7.35. The zero-order valence-electron chi connectivity index (χ0n) is 7.35. The summed E-state index contributed by atoms with van der Waals surface area (Å²) in [5, 5.41) is 8.85. The predicted octanol–water partition coefficient (Wildman–Crippen LogP) is 1.21. The van der Waals surface area contributed by atoms with E-state index >= 15 is 0 Å². The van der Waals surface area contributed by atoms with E-state index in [9.17, 15) is 9.18 Å². The van der Waals surface area contributed by atoms with Gasteiger partial charge in [-0.25, -0.2) is 4.39 Å². The normalized spacial score (nSPS) is 30.0. The third kappa shape index (κ3) is 1.11. The molecule has 1 aromatic carbocycles. The summed E-state index contributed by atoms with van der Waals surface area (Å²) in [4.78, 5) is 10.8. The van der Waals surface area contributed by atoms with Gasteiger partial charge in [0.05, 0.1) is 6.04 Å². The van der Waals surface area contributed by atoms with Gasteiger partial charge in [-0.3, -0.25) is 4.79 Å². The Labute approximate surface area is 80.3 Å². The van der Waals surface area contributed by atoms with Crippen LogP contribution >= 0.6 is 0 Å². The second-order valence-electron chi connectivity index (χ2n) is 3.42. The Morgan fingerprint density at radius 2 is 1.93 bits per heavy atom. The maximum atomic E-state index is 13.5. The molecule has 1 aromatic rings. The van der Waals surface area contributed by atoms with Gasteiger partial charge in [0.1, 0.15) is 12.1 Å². The molecule has 0 aromatic heterocycles. The number of aliphatic carboxylic acids is 1. The van der Waals surface area contributed by atoms with Crippen molar-refractivity contribution in [3.63, 3.8) is 0 Å². The molecule has 0 amide bonds. The Balaban J connectivity index is 2.53. The molecule has 0 radical (unpaired) electrons. The monoisotopic (exact) mass is 195 g/mol. The van der Waals surface area contributed by atoms with Crippen molar-refractivity contribution in [1.29, 1.82) is 0 Å². The summed E-state index contributed by atoms with van der Waals surface area (Å²) in [6.45, 7) is 0. The van der Waals surface area contributed by atoms with Crippen LogP contribution in [-0.4, -0.2) is 17.2 Å². The number of carbonyl (C=O) groups is 1. The van der Waals surface area contributed by atoms with E-state index in [0.29, 0.717) is 11.1 Å². The van der Waals surface area contributed by atoms with Crippen LogP contribution in [0.1, 0.15) is 23.1 Å². The van der Waals surface area contributed by atoms with E-state index in [1.165, 1.54) is 0 Å². The molecule has 1 aliphatic rings. The van der Waals surface area contributed by atoms with E-state index in [4.69, 9.17) is 10.8 Å². The molecule has 1 aliphatic carbocycles. The van der Waals surface area contributed by atoms with E-state index in [-0.39, 0.29) is 0 Å². The minimum Gasteiger partial charge on any atom is -0.481 e. The summed E-state index contributed by atoms with van der Waals surface area (Å²) in [5.41, 5.74) is 6.68. The van der Waals surface area contributed by atoms with Crippen LogP contribution in [0.25, 0.3) is 0 Å².